The first kappa shape index (κ1) is 14.0. The first-order chi connectivity index (χ1) is 8.96. The maximum atomic E-state index is 13.4. The molecule has 0 aliphatic carbocycles. The highest BCUT2D eigenvalue weighted by Gasteiger charge is 2.15. The molecule has 0 atom stereocenters. The molecular formula is C14H12ClFO2S. The molecule has 2 nitrogen and oxygen atoms in total. The Morgan fingerprint density at radius 1 is 0.947 bits per heavy atom. The summed E-state index contributed by atoms with van der Waals surface area (Å²) in [5.41, 5.74) is 0.831. The van der Waals surface area contributed by atoms with Crippen LogP contribution in [0.1, 0.15) is 11.1 Å². The van der Waals surface area contributed by atoms with E-state index in [4.69, 9.17) is 11.6 Å². The van der Waals surface area contributed by atoms with Crippen LogP contribution in [0, 0.1) is 5.82 Å². The van der Waals surface area contributed by atoms with Crippen LogP contribution >= 0.6 is 11.6 Å². The van der Waals surface area contributed by atoms with Crippen LogP contribution in [0.15, 0.2) is 48.5 Å². The molecule has 100 valence electrons. The van der Waals surface area contributed by atoms with Crippen molar-refractivity contribution in [1.29, 1.82) is 0 Å². The fraction of sp³-hybridized carbons (Fsp3) is 0.143. The molecule has 2 aromatic carbocycles. The van der Waals surface area contributed by atoms with Crippen LogP contribution in [0.25, 0.3) is 0 Å². The van der Waals surface area contributed by atoms with E-state index in [1.807, 2.05) is 0 Å². The Hall–Kier alpha value is -1.39. The van der Waals surface area contributed by atoms with Crippen LogP contribution in [0.5, 0.6) is 0 Å². The number of halogens is 2. The van der Waals surface area contributed by atoms with Crippen LogP contribution in [0.2, 0.25) is 5.02 Å². The molecule has 0 saturated carbocycles. The van der Waals surface area contributed by atoms with Crippen molar-refractivity contribution in [1.82, 2.24) is 0 Å². The van der Waals surface area contributed by atoms with Gasteiger partial charge in [0.2, 0.25) is 0 Å². The van der Waals surface area contributed by atoms with Crippen molar-refractivity contribution in [3.63, 3.8) is 0 Å². The number of sulfone groups is 1. The zero-order valence-electron chi connectivity index (χ0n) is 10.0. The average Bonchev–Trinajstić information content (AvgIpc) is 2.35. The van der Waals surface area contributed by atoms with E-state index in [1.54, 1.807) is 30.3 Å². The van der Waals surface area contributed by atoms with E-state index in [9.17, 15) is 12.8 Å². The van der Waals surface area contributed by atoms with Crippen molar-refractivity contribution in [2.75, 3.05) is 0 Å². The molecule has 0 heterocycles. The Bertz CT molecular complexity index is 666. The van der Waals surface area contributed by atoms with Gasteiger partial charge in [0.05, 0.1) is 11.5 Å². The van der Waals surface area contributed by atoms with Crippen LogP contribution in [-0.2, 0) is 21.3 Å². The van der Waals surface area contributed by atoms with Crippen molar-refractivity contribution in [3.05, 3.63) is 70.5 Å². The first-order valence-corrected chi connectivity index (χ1v) is 7.84. The fourth-order valence-electron chi connectivity index (χ4n) is 1.74. The number of hydrogen-bond donors (Lipinski definition) is 0. The molecule has 0 N–H and O–H groups in total. The molecule has 0 bridgehead atoms. The lowest BCUT2D eigenvalue weighted by atomic mass is 10.2. The third-order valence-corrected chi connectivity index (χ3v) is 4.41. The SMILES string of the molecule is O=S(=O)(Cc1ccc(Cl)cc1)Cc1ccccc1F. The second kappa shape index (κ2) is 5.72. The predicted octanol–water partition coefficient (Wildman–Crippen LogP) is 3.59. The standard InChI is InChI=1S/C14H12ClFO2S/c15-13-7-5-11(6-8-13)9-19(17,18)10-12-3-1-2-4-14(12)16/h1-8H,9-10H2. The highest BCUT2D eigenvalue weighted by atomic mass is 35.5. The summed E-state index contributed by atoms with van der Waals surface area (Å²) in [5, 5.41) is 0.551. The molecule has 2 aromatic rings. The zero-order chi connectivity index (χ0) is 13.9. The van der Waals surface area contributed by atoms with Gasteiger partial charge < -0.3 is 0 Å². The van der Waals surface area contributed by atoms with Crippen molar-refractivity contribution in [2.24, 2.45) is 0 Å². The minimum absolute atomic E-state index is 0.126. The lowest BCUT2D eigenvalue weighted by Crippen LogP contribution is -2.08. The van der Waals surface area contributed by atoms with E-state index >= 15 is 0 Å². The van der Waals surface area contributed by atoms with E-state index in [1.165, 1.54) is 18.2 Å². The molecule has 0 aromatic heterocycles. The Balaban J connectivity index is 2.15. The quantitative estimate of drug-likeness (QED) is 0.864. The highest BCUT2D eigenvalue weighted by Crippen LogP contribution is 2.16. The van der Waals surface area contributed by atoms with Crippen LogP contribution < -0.4 is 0 Å². The lowest BCUT2D eigenvalue weighted by molar-refractivity contribution is 0.586. The van der Waals surface area contributed by atoms with E-state index in [-0.39, 0.29) is 17.1 Å². The third kappa shape index (κ3) is 4.04. The number of rotatable bonds is 4. The second-order valence-electron chi connectivity index (χ2n) is 4.25. The van der Waals surface area contributed by atoms with Crippen molar-refractivity contribution >= 4 is 21.4 Å². The molecule has 19 heavy (non-hydrogen) atoms. The van der Waals surface area contributed by atoms with Gasteiger partial charge in [-0.25, -0.2) is 12.8 Å². The van der Waals surface area contributed by atoms with E-state index < -0.39 is 15.7 Å². The van der Waals surface area contributed by atoms with Crippen LogP contribution in [0.4, 0.5) is 4.39 Å². The molecule has 5 heteroatoms. The Kier molecular flexibility index (Phi) is 4.22. The molecule has 0 unspecified atom stereocenters. The van der Waals surface area contributed by atoms with Crippen molar-refractivity contribution in [2.45, 2.75) is 11.5 Å². The van der Waals surface area contributed by atoms with E-state index in [0.29, 0.717) is 10.6 Å². The van der Waals surface area contributed by atoms with Gasteiger partial charge in [0.15, 0.2) is 9.84 Å². The van der Waals surface area contributed by atoms with Gasteiger partial charge in [-0.05, 0) is 23.8 Å². The zero-order valence-corrected chi connectivity index (χ0v) is 11.6. The lowest BCUT2D eigenvalue weighted by Gasteiger charge is -2.06. The Morgan fingerprint density at radius 3 is 2.21 bits per heavy atom. The minimum Gasteiger partial charge on any atom is -0.228 e. The van der Waals surface area contributed by atoms with Gasteiger partial charge >= 0.3 is 0 Å². The largest absolute Gasteiger partial charge is 0.228 e. The highest BCUT2D eigenvalue weighted by molar-refractivity contribution is 7.89. The number of benzene rings is 2. The van der Waals surface area contributed by atoms with Gasteiger partial charge in [0.25, 0.3) is 0 Å². The monoisotopic (exact) mass is 298 g/mol. The third-order valence-electron chi connectivity index (χ3n) is 2.63. The summed E-state index contributed by atoms with van der Waals surface area (Å²) in [6.45, 7) is 0. The van der Waals surface area contributed by atoms with Crippen molar-refractivity contribution in [3.8, 4) is 0 Å². The van der Waals surface area contributed by atoms with Gasteiger partial charge in [0, 0.05) is 10.6 Å². The topological polar surface area (TPSA) is 34.1 Å². The average molecular weight is 299 g/mol. The van der Waals surface area contributed by atoms with Gasteiger partial charge in [-0.1, -0.05) is 41.9 Å². The molecule has 0 saturated heterocycles. The molecule has 0 amide bonds. The summed E-state index contributed by atoms with van der Waals surface area (Å²) >= 11 is 5.73. The van der Waals surface area contributed by atoms with E-state index in [2.05, 4.69) is 0 Å². The summed E-state index contributed by atoms with van der Waals surface area (Å²) in [6.07, 6.45) is 0. The summed E-state index contributed by atoms with van der Waals surface area (Å²) < 4.78 is 37.4. The smallest absolute Gasteiger partial charge is 0.158 e. The summed E-state index contributed by atoms with van der Waals surface area (Å²) in [6, 6.07) is 12.5. The van der Waals surface area contributed by atoms with Gasteiger partial charge in [0.1, 0.15) is 5.82 Å². The molecule has 2 rings (SSSR count). The normalized spacial score (nSPS) is 11.5. The van der Waals surface area contributed by atoms with Crippen LogP contribution in [-0.4, -0.2) is 8.42 Å². The van der Waals surface area contributed by atoms with Gasteiger partial charge in [-0.3, -0.25) is 0 Å². The molecule has 0 aliphatic heterocycles. The van der Waals surface area contributed by atoms with Crippen LogP contribution in [0.3, 0.4) is 0 Å². The molecule has 0 fully saturated rings. The molecule has 0 radical (unpaired) electrons. The molecule has 0 aliphatic rings. The minimum atomic E-state index is -3.41. The van der Waals surface area contributed by atoms with Crippen molar-refractivity contribution < 1.29 is 12.8 Å². The molecular weight excluding hydrogens is 287 g/mol. The summed E-state index contributed by atoms with van der Waals surface area (Å²) in [5.74, 6) is -0.928. The van der Waals surface area contributed by atoms with E-state index in [0.717, 1.165) is 0 Å². The summed E-state index contributed by atoms with van der Waals surface area (Å²) in [7, 11) is -3.41. The predicted molar refractivity (Wildman–Crippen MR) is 74.2 cm³/mol. The maximum absolute atomic E-state index is 13.4. The Morgan fingerprint density at radius 2 is 1.58 bits per heavy atom. The Labute approximate surface area is 116 Å². The number of hydrogen-bond acceptors (Lipinski definition) is 2. The van der Waals surface area contributed by atoms with Gasteiger partial charge in [-0.15, -0.1) is 0 Å². The second-order valence-corrected chi connectivity index (χ2v) is 6.75. The van der Waals surface area contributed by atoms with Gasteiger partial charge in [-0.2, -0.15) is 0 Å². The fourth-order valence-corrected chi connectivity index (χ4v) is 3.37. The first-order valence-electron chi connectivity index (χ1n) is 5.64. The maximum Gasteiger partial charge on any atom is 0.158 e. The molecule has 0 spiro atoms. The summed E-state index contributed by atoms with van der Waals surface area (Å²) in [4.78, 5) is 0.